The normalized spacial score (nSPS) is 11.2. The number of ketones is 1. The molecule has 2 aromatic heterocycles. The molecule has 0 saturated heterocycles. The van der Waals surface area contributed by atoms with Crippen molar-refractivity contribution < 1.29 is 23.1 Å². The number of alkyl halides is 2. The third kappa shape index (κ3) is 3.05. The number of carbonyl (C=O) groups excluding carboxylic acids is 2. The van der Waals surface area contributed by atoms with E-state index in [0.717, 1.165) is 15.9 Å². The number of hydrogen-bond acceptors (Lipinski definition) is 5. The van der Waals surface area contributed by atoms with Gasteiger partial charge in [0.15, 0.2) is 11.6 Å². The SMILES string of the molecule is CC(=O)c1ccc(C(=O)OCc2nc3ccccc3n2C(F)F)s1. The second kappa shape index (κ2) is 6.48. The molecule has 0 bridgehead atoms. The molecule has 3 aromatic rings. The van der Waals surface area contributed by atoms with E-state index in [4.69, 9.17) is 4.74 Å². The minimum Gasteiger partial charge on any atom is -0.453 e. The first-order valence-corrected chi connectivity index (χ1v) is 7.81. The summed E-state index contributed by atoms with van der Waals surface area (Å²) in [6, 6.07) is 9.46. The monoisotopic (exact) mass is 350 g/mol. The van der Waals surface area contributed by atoms with Crippen LogP contribution in [0.4, 0.5) is 8.78 Å². The summed E-state index contributed by atoms with van der Waals surface area (Å²) in [5.41, 5.74) is 0.673. The first-order valence-electron chi connectivity index (χ1n) is 6.99. The standard InChI is InChI=1S/C16H12F2N2O3S/c1-9(21)12-6-7-13(24-12)15(22)23-8-14-19-10-4-2-3-5-11(10)20(14)16(17)18/h2-7,16H,8H2,1H3. The number of thiophene rings is 1. The van der Waals surface area contributed by atoms with Crippen molar-refractivity contribution in [1.29, 1.82) is 0 Å². The molecule has 0 saturated carbocycles. The molecule has 0 fully saturated rings. The van der Waals surface area contributed by atoms with Gasteiger partial charge in [0.2, 0.25) is 0 Å². The van der Waals surface area contributed by atoms with Gasteiger partial charge < -0.3 is 4.74 Å². The second-order valence-corrected chi connectivity index (χ2v) is 6.04. The Morgan fingerprint density at radius 1 is 1.21 bits per heavy atom. The van der Waals surface area contributed by atoms with Gasteiger partial charge in [-0.15, -0.1) is 11.3 Å². The highest BCUT2D eigenvalue weighted by Crippen LogP contribution is 2.24. The average Bonchev–Trinajstić information content (AvgIpc) is 3.16. The minimum atomic E-state index is -2.79. The van der Waals surface area contributed by atoms with E-state index < -0.39 is 12.5 Å². The van der Waals surface area contributed by atoms with Crippen LogP contribution in [-0.2, 0) is 11.3 Å². The number of halogens is 2. The third-order valence-corrected chi connectivity index (χ3v) is 4.52. The van der Waals surface area contributed by atoms with Crippen molar-refractivity contribution >= 4 is 34.1 Å². The van der Waals surface area contributed by atoms with Gasteiger partial charge in [0.25, 0.3) is 0 Å². The molecule has 0 spiro atoms. The molecular weight excluding hydrogens is 338 g/mol. The number of Topliss-reactive ketones (excluding diaryl/α,β-unsaturated/α-hetero) is 1. The van der Waals surface area contributed by atoms with Gasteiger partial charge in [-0.25, -0.2) is 9.78 Å². The van der Waals surface area contributed by atoms with Crippen LogP contribution in [0.5, 0.6) is 0 Å². The number of carbonyl (C=O) groups is 2. The van der Waals surface area contributed by atoms with E-state index in [2.05, 4.69) is 4.98 Å². The Morgan fingerprint density at radius 3 is 2.58 bits per heavy atom. The van der Waals surface area contributed by atoms with Gasteiger partial charge >= 0.3 is 12.5 Å². The van der Waals surface area contributed by atoms with Gasteiger partial charge in [-0.3, -0.25) is 9.36 Å². The fraction of sp³-hybridized carbons (Fsp3) is 0.188. The summed E-state index contributed by atoms with van der Waals surface area (Å²) in [4.78, 5) is 28.0. The largest absolute Gasteiger partial charge is 0.453 e. The Hall–Kier alpha value is -2.61. The highest BCUT2D eigenvalue weighted by atomic mass is 32.1. The Morgan fingerprint density at radius 2 is 1.92 bits per heavy atom. The van der Waals surface area contributed by atoms with Crippen LogP contribution >= 0.6 is 11.3 Å². The van der Waals surface area contributed by atoms with E-state index in [1.165, 1.54) is 25.1 Å². The number of imidazole rings is 1. The van der Waals surface area contributed by atoms with E-state index in [0.29, 0.717) is 10.4 Å². The molecule has 24 heavy (non-hydrogen) atoms. The summed E-state index contributed by atoms with van der Waals surface area (Å²) in [6.07, 6.45) is 0. The Balaban J connectivity index is 1.81. The Kier molecular flexibility index (Phi) is 4.39. The minimum absolute atomic E-state index is 0.0390. The lowest BCUT2D eigenvalue weighted by Crippen LogP contribution is -2.09. The van der Waals surface area contributed by atoms with Gasteiger partial charge in [0, 0.05) is 0 Å². The van der Waals surface area contributed by atoms with Crippen LogP contribution in [0.2, 0.25) is 0 Å². The zero-order chi connectivity index (χ0) is 17.3. The van der Waals surface area contributed by atoms with Gasteiger partial charge in [0.05, 0.1) is 15.9 Å². The molecule has 2 heterocycles. The molecule has 1 aromatic carbocycles. The predicted molar refractivity (Wildman–Crippen MR) is 84.4 cm³/mol. The summed E-state index contributed by atoms with van der Waals surface area (Å²) < 4.78 is 32.4. The maximum Gasteiger partial charge on any atom is 0.348 e. The number of hydrogen-bond donors (Lipinski definition) is 0. The summed E-state index contributed by atoms with van der Waals surface area (Å²) in [6.45, 7) is -1.78. The Bertz CT molecular complexity index is 917. The lowest BCUT2D eigenvalue weighted by atomic mass is 10.3. The quantitative estimate of drug-likeness (QED) is 0.514. The molecule has 8 heteroatoms. The highest BCUT2D eigenvalue weighted by molar-refractivity contribution is 7.15. The lowest BCUT2D eigenvalue weighted by Gasteiger charge is -2.08. The molecule has 0 amide bonds. The maximum absolute atomic E-state index is 13.3. The molecule has 0 unspecified atom stereocenters. The van der Waals surface area contributed by atoms with E-state index in [9.17, 15) is 18.4 Å². The van der Waals surface area contributed by atoms with E-state index in [1.807, 2.05) is 0 Å². The van der Waals surface area contributed by atoms with Crippen LogP contribution in [0, 0.1) is 0 Å². The molecule has 3 rings (SSSR count). The predicted octanol–water partition coefficient (Wildman–Crippen LogP) is 4.05. The van der Waals surface area contributed by atoms with Crippen LogP contribution in [0.3, 0.4) is 0 Å². The van der Waals surface area contributed by atoms with Crippen molar-refractivity contribution in [1.82, 2.24) is 9.55 Å². The number of para-hydroxylation sites is 2. The van der Waals surface area contributed by atoms with Crippen molar-refractivity contribution in [3.63, 3.8) is 0 Å². The van der Waals surface area contributed by atoms with Crippen molar-refractivity contribution in [2.45, 2.75) is 20.1 Å². The van der Waals surface area contributed by atoms with Crippen molar-refractivity contribution in [2.75, 3.05) is 0 Å². The van der Waals surface area contributed by atoms with Gasteiger partial charge in [-0.1, -0.05) is 12.1 Å². The molecule has 124 valence electrons. The summed E-state index contributed by atoms with van der Waals surface area (Å²) in [7, 11) is 0. The number of nitrogens with zero attached hydrogens (tertiary/aromatic N) is 2. The summed E-state index contributed by atoms with van der Waals surface area (Å²) in [5, 5.41) is 0. The third-order valence-electron chi connectivity index (χ3n) is 3.35. The molecular formula is C16H12F2N2O3S. The smallest absolute Gasteiger partial charge is 0.348 e. The maximum atomic E-state index is 13.3. The van der Waals surface area contributed by atoms with Crippen LogP contribution in [0.15, 0.2) is 36.4 Å². The molecule has 5 nitrogen and oxygen atoms in total. The topological polar surface area (TPSA) is 61.2 Å². The first-order chi connectivity index (χ1) is 11.5. The highest BCUT2D eigenvalue weighted by Gasteiger charge is 2.19. The summed E-state index contributed by atoms with van der Waals surface area (Å²) in [5.74, 6) is -0.873. The Labute approximate surface area is 139 Å². The zero-order valence-electron chi connectivity index (χ0n) is 12.5. The number of esters is 1. The van der Waals surface area contributed by atoms with E-state index >= 15 is 0 Å². The molecule has 0 aliphatic heterocycles. The zero-order valence-corrected chi connectivity index (χ0v) is 13.3. The fourth-order valence-corrected chi connectivity index (χ4v) is 3.05. The van der Waals surface area contributed by atoms with Gasteiger partial charge in [0.1, 0.15) is 11.5 Å². The van der Waals surface area contributed by atoms with Crippen LogP contribution in [0.1, 0.15) is 38.6 Å². The van der Waals surface area contributed by atoms with Gasteiger partial charge in [-0.05, 0) is 31.2 Å². The average molecular weight is 350 g/mol. The molecule has 0 atom stereocenters. The number of aromatic nitrogens is 2. The number of ether oxygens (including phenoxy) is 1. The molecule has 0 radical (unpaired) electrons. The number of rotatable bonds is 5. The molecule has 0 aliphatic rings. The summed E-state index contributed by atoms with van der Waals surface area (Å²) >= 11 is 1.00. The van der Waals surface area contributed by atoms with Crippen LogP contribution in [0.25, 0.3) is 11.0 Å². The van der Waals surface area contributed by atoms with E-state index in [-0.39, 0.29) is 28.6 Å². The lowest BCUT2D eigenvalue weighted by molar-refractivity contribution is 0.0392. The number of benzene rings is 1. The molecule has 0 aliphatic carbocycles. The van der Waals surface area contributed by atoms with Crippen molar-refractivity contribution in [2.24, 2.45) is 0 Å². The first kappa shape index (κ1) is 16.3. The number of fused-ring (bicyclic) bond motifs is 1. The van der Waals surface area contributed by atoms with E-state index in [1.54, 1.807) is 18.2 Å². The second-order valence-electron chi connectivity index (χ2n) is 4.96. The molecule has 0 N–H and O–H groups in total. The van der Waals surface area contributed by atoms with Crippen molar-refractivity contribution in [3.05, 3.63) is 52.0 Å². The van der Waals surface area contributed by atoms with Crippen LogP contribution < -0.4 is 0 Å². The van der Waals surface area contributed by atoms with Gasteiger partial charge in [-0.2, -0.15) is 8.78 Å². The van der Waals surface area contributed by atoms with Crippen molar-refractivity contribution in [3.8, 4) is 0 Å². The fourth-order valence-electron chi connectivity index (χ4n) is 2.25. The van der Waals surface area contributed by atoms with Crippen LogP contribution in [-0.4, -0.2) is 21.3 Å².